The van der Waals surface area contributed by atoms with Crippen LogP contribution in [0.25, 0.3) is 11.1 Å². The third kappa shape index (κ3) is 4.18. The first kappa shape index (κ1) is 21.1. The van der Waals surface area contributed by atoms with E-state index in [0.29, 0.717) is 22.0 Å². The highest BCUT2D eigenvalue weighted by Crippen LogP contribution is 2.39. The SMILES string of the molecule is CC(C(=O)Nc1cc(-c2cnn3c2CC(C)(C)C3)c(Cl)cn1)c1cccc(C(N)=O)c1. The molecule has 3 N–H and O–H groups in total. The fourth-order valence-corrected chi connectivity index (χ4v) is 4.14. The van der Waals surface area contributed by atoms with Crippen LogP contribution in [0.5, 0.6) is 0 Å². The number of hydrogen-bond acceptors (Lipinski definition) is 4. The Kier molecular flexibility index (Phi) is 5.31. The van der Waals surface area contributed by atoms with E-state index in [1.165, 1.54) is 6.20 Å². The number of hydrogen-bond donors (Lipinski definition) is 2. The van der Waals surface area contributed by atoms with Gasteiger partial charge in [0.2, 0.25) is 11.8 Å². The van der Waals surface area contributed by atoms with Crippen molar-refractivity contribution in [2.24, 2.45) is 11.1 Å². The normalized spacial score (nSPS) is 15.4. The number of rotatable bonds is 5. The average Bonchev–Trinajstić information content (AvgIpc) is 3.23. The van der Waals surface area contributed by atoms with Gasteiger partial charge in [0, 0.05) is 35.1 Å². The lowest BCUT2D eigenvalue weighted by molar-refractivity contribution is -0.117. The van der Waals surface area contributed by atoms with E-state index in [-0.39, 0.29) is 11.3 Å². The molecule has 2 aromatic heterocycles. The molecule has 1 atom stereocenters. The Hall–Kier alpha value is -3.19. The van der Waals surface area contributed by atoms with E-state index in [1.54, 1.807) is 37.3 Å². The number of aromatic nitrogens is 3. The van der Waals surface area contributed by atoms with E-state index >= 15 is 0 Å². The van der Waals surface area contributed by atoms with Gasteiger partial charge in [-0.15, -0.1) is 0 Å². The minimum Gasteiger partial charge on any atom is -0.366 e. The topological polar surface area (TPSA) is 103 Å². The summed E-state index contributed by atoms with van der Waals surface area (Å²) in [5, 5.41) is 7.85. The van der Waals surface area contributed by atoms with Crippen LogP contribution in [0.3, 0.4) is 0 Å². The van der Waals surface area contributed by atoms with Crippen LogP contribution in [-0.4, -0.2) is 26.6 Å². The van der Waals surface area contributed by atoms with Gasteiger partial charge in [-0.25, -0.2) is 4.98 Å². The van der Waals surface area contributed by atoms with Crippen LogP contribution in [-0.2, 0) is 17.8 Å². The maximum atomic E-state index is 12.8. The molecule has 1 aromatic carbocycles. The summed E-state index contributed by atoms with van der Waals surface area (Å²) in [5.74, 6) is -0.875. The van der Waals surface area contributed by atoms with Crippen molar-refractivity contribution in [3.05, 3.63) is 64.6 Å². The predicted molar refractivity (Wildman–Crippen MR) is 120 cm³/mol. The first-order valence-corrected chi connectivity index (χ1v) is 10.4. The minimum atomic E-state index is -0.532. The average molecular weight is 438 g/mol. The molecular formula is C23H24ClN5O2. The number of pyridine rings is 1. The fourth-order valence-electron chi connectivity index (χ4n) is 3.93. The van der Waals surface area contributed by atoms with Crippen LogP contribution >= 0.6 is 11.6 Å². The molecule has 31 heavy (non-hydrogen) atoms. The molecule has 0 bridgehead atoms. The largest absolute Gasteiger partial charge is 0.366 e. The number of nitrogens with zero attached hydrogens (tertiary/aromatic N) is 3. The van der Waals surface area contributed by atoms with Gasteiger partial charge in [-0.3, -0.25) is 14.3 Å². The highest BCUT2D eigenvalue weighted by molar-refractivity contribution is 6.33. The molecule has 160 valence electrons. The lowest BCUT2D eigenvalue weighted by Crippen LogP contribution is -2.20. The zero-order valence-electron chi connectivity index (χ0n) is 17.6. The molecule has 3 heterocycles. The molecule has 0 fully saturated rings. The molecule has 3 aromatic rings. The zero-order chi connectivity index (χ0) is 22.3. The van der Waals surface area contributed by atoms with Gasteiger partial charge in [-0.2, -0.15) is 5.10 Å². The molecule has 0 saturated heterocycles. The smallest absolute Gasteiger partial charge is 0.248 e. The quantitative estimate of drug-likeness (QED) is 0.629. The van der Waals surface area contributed by atoms with Crippen LogP contribution in [0.2, 0.25) is 5.02 Å². The summed E-state index contributed by atoms with van der Waals surface area (Å²) in [6.07, 6.45) is 4.25. The van der Waals surface area contributed by atoms with Crippen LogP contribution in [0, 0.1) is 5.41 Å². The molecule has 1 aliphatic heterocycles. The predicted octanol–water partition coefficient (Wildman–Crippen LogP) is 4.02. The maximum absolute atomic E-state index is 12.8. The maximum Gasteiger partial charge on any atom is 0.248 e. The monoisotopic (exact) mass is 437 g/mol. The lowest BCUT2D eigenvalue weighted by atomic mass is 9.89. The summed E-state index contributed by atoms with van der Waals surface area (Å²) in [6.45, 7) is 7.04. The molecule has 0 spiro atoms. The van der Waals surface area contributed by atoms with Crippen LogP contribution in [0.4, 0.5) is 5.82 Å². The first-order valence-electron chi connectivity index (χ1n) is 10.1. The Morgan fingerprint density at radius 3 is 2.74 bits per heavy atom. The van der Waals surface area contributed by atoms with Gasteiger partial charge in [0.25, 0.3) is 0 Å². The van der Waals surface area contributed by atoms with Crippen molar-refractivity contribution in [1.82, 2.24) is 14.8 Å². The van der Waals surface area contributed by atoms with Crippen molar-refractivity contribution < 1.29 is 9.59 Å². The van der Waals surface area contributed by atoms with E-state index in [1.807, 2.05) is 10.9 Å². The summed E-state index contributed by atoms with van der Waals surface area (Å²) >= 11 is 6.45. The summed E-state index contributed by atoms with van der Waals surface area (Å²) in [4.78, 5) is 28.5. The zero-order valence-corrected chi connectivity index (χ0v) is 18.4. The molecule has 4 rings (SSSR count). The molecule has 2 amide bonds. The number of anilines is 1. The first-order chi connectivity index (χ1) is 14.6. The lowest BCUT2D eigenvalue weighted by Gasteiger charge is -2.15. The number of carbonyl (C=O) groups is 2. The van der Waals surface area contributed by atoms with E-state index in [0.717, 1.165) is 29.8 Å². The number of benzene rings is 1. The second kappa shape index (κ2) is 7.81. The highest BCUT2D eigenvalue weighted by atomic mass is 35.5. The van der Waals surface area contributed by atoms with Crippen LogP contribution in [0.15, 0.2) is 42.7 Å². The van der Waals surface area contributed by atoms with Crippen LogP contribution < -0.4 is 11.1 Å². The number of nitrogens with two attached hydrogens (primary N) is 1. The molecular weight excluding hydrogens is 414 g/mol. The van der Waals surface area contributed by atoms with Gasteiger partial charge >= 0.3 is 0 Å². The number of nitrogens with one attached hydrogen (secondary N) is 1. The third-order valence-electron chi connectivity index (χ3n) is 5.63. The number of halogens is 1. The van der Waals surface area contributed by atoms with Gasteiger partial charge in [-0.1, -0.05) is 37.6 Å². The molecule has 0 aliphatic carbocycles. The molecule has 8 heteroatoms. The standard InChI is InChI=1S/C23H24ClN5O2/c1-13(14-5-4-6-15(7-14)21(25)30)22(31)28-20-8-16(18(24)11-26-20)17-10-27-29-12-23(2,3)9-19(17)29/h4-8,10-11,13H,9,12H2,1-3H3,(H2,25,30)(H,26,28,31). The summed E-state index contributed by atoms with van der Waals surface area (Å²) in [5.41, 5.74) is 9.42. The Bertz CT molecular complexity index is 1180. The van der Waals surface area contributed by atoms with E-state index in [9.17, 15) is 9.59 Å². The van der Waals surface area contributed by atoms with Gasteiger partial charge in [0.05, 0.1) is 17.1 Å². The summed E-state index contributed by atoms with van der Waals surface area (Å²) in [7, 11) is 0. The van der Waals surface area contributed by atoms with E-state index in [2.05, 4.69) is 29.2 Å². The Morgan fingerprint density at radius 1 is 1.23 bits per heavy atom. The van der Waals surface area contributed by atoms with Crippen molar-refractivity contribution in [3.8, 4) is 11.1 Å². The minimum absolute atomic E-state index is 0.143. The van der Waals surface area contributed by atoms with E-state index < -0.39 is 11.8 Å². The van der Waals surface area contributed by atoms with E-state index in [4.69, 9.17) is 17.3 Å². The highest BCUT2D eigenvalue weighted by Gasteiger charge is 2.32. The second-order valence-corrected chi connectivity index (χ2v) is 9.16. The number of fused-ring (bicyclic) bond motifs is 1. The molecule has 7 nitrogen and oxygen atoms in total. The molecule has 0 saturated carbocycles. The molecule has 1 unspecified atom stereocenters. The number of carbonyl (C=O) groups excluding carboxylic acids is 2. The molecule has 0 radical (unpaired) electrons. The Labute approximate surface area is 185 Å². The number of primary amides is 1. The second-order valence-electron chi connectivity index (χ2n) is 8.75. The number of amides is 2. The van der Waals surface area contributed by atoms with Crippen molar-refractivity contribution in [1.29, 1.82) is 0 Å². The fraction of sp³-hybridized carbons (Fsp3) is 0.304. The van der Waals surface area contributed by atoms with Gasteiger partial charge < -0.3 is 11.1 Å². The Balaban J connectivity index is 1.58. The van der Waals surface area contributed by atoms with Crippen molar-refractivity contribution in [2.45, 2.75) is 39.7 Å². The summed E-state index contributed by atoms with van der Waals surface area (Å²) in [6, 6.07) is 8.52. The van der Waals surface area contributed by atoms with Crippen molar-refractivity contribution >= 4 is 29.2 Å². The molecule has 1 aliphatic rings. The van der Waals surface area contributed by atoms with Gasteiger partial charge in [0.15, 0.2) is 0 Å². The van der Waals surface area contributed by atoms with Gasteiger partial charge in [0.1, 0.15) is 5.82 Å². The third-order valence-corrected chi connectivity index (χ3v) is 5.93. The van der Waals surface area contributed by atoms with Crippen molar-refractivity contribution in [2.75, 3.05) is 5.32 Å². The summed E-state index contributed by atoms with van der Waals surface area (Å²) < 4.78 is 2.01. The van der Waals surface area contributed by atoms with Crippen LogP contribution in [0.1, 0.15) is 48.3 Å². The van der Waals surface area contributed by atoms with Crippen molar-refractivity contribution in [3.63, 3.8) is 0 Å². The Morgan fingerprint density at radius 2 is 2.00 bits per heavy atom. The van der Waals surface area contributed by atoms with Gasteiger partial charge in [-0.05, 0) is 42.5 Å².